The summed E-state index contributed by atoms with van der Waals surface area (Å²) in [6.07, 6.45) is 2.62. The lowest BCUT2D eigenvalue weighted by atomic mass is 10.00. The highest BCUT2D eigenvalue weighted by Gasteiger charge is 2.08. The maximum absolute atomic E-state index is 9.37. The number of aliphatic hydroxyl groups excluding tert-OH is 1. The van der Waals surface area contributed by atoms with Crippen LogP contribution in [0.5, 0.6) is 5.75 Å². The van der Waals surface area contributed by atoms with E-state index in [0.29, 0.717) is 12.5 Å². The van der Waals surface area contributed by atoms with E-state index in [9.17, 15) is 5.11 Å². The summed E-state index contributed by atoms with van der Waals surface area (Å²) in [5.74, 6) is 1.29. The predicted molar refractivity (Wildman–Crippen MR) is 103 cm³/mol. The lowest BCUT2D eigenvalue weighted by Crippen LogP contribution is -2.14. The quantitative estimate of drug-likeness (QED) is 0.476. The molecule has 2 aromatic rings. The van der Waals surface area contributed by atoms with Gasteiger partial charge in [0.1, 0.15) is 5.75 Å². The van der Waals surface area contributed by atoms with E-state index in [-0.39, 0.29) is 12.9 Å². The van der Waals surface area contributed by atoms with E-state index in [1.807, 2.05) is 19.1 Å². The summed E-state index contributed by atoms with van der Waals surface area (Å²) in [5, 5.41) is 9.37. The van der Waals surface area contributed by atoms with Crippen LogP contribution in [0.2, 0.25) is 0 Å². The van der Waals surface area contributed by atoms with Gasteiger partial charge in [0.2, 0.25) is 0 Å². The van der Waals surface area contributed by atoms with Crippen LogP contribution in [-0.4, -0.2) is 24.6 Å². The molecule has 0 aromatic heterocycles. The first-order valence-corrected chi connectivity index (χ1v) is 9.14. The minimum atomic E-state index is -0.239. The van der Waals surface area contributed by atoms with Crippen molar-refractivity contribution in [1.29, 1.82) is 0 Å². The molecule has 2 aromatic carbocycles. The molecule has 0 aliphatic heterocycles. The minimum Gasteiger partial charge on any atom is -0.468 e. The van der Waals surface area contributed by atoms with Crippen molar-refractivity contribution in [3.8, 4) is 16.9 Å². The number of benzene rings is 2. The summed E-state index contributed by atoms with van der Waals surface area (Å²) in [7, 11) is 0. The standard InChI is InChI=1S/C22H30O3/c1-4-19(8-7-18(3)23)15-24-16-25-22-13-11-21(12-14-22)20-9-5-17(2)6-10-20/h5-6,9-14,18-19,23H,4,7-8,15-16H2,1-3H3. The van der Waals surface area contributed by atoms with Gasteiger partial charge in [0.25, 0.3) is 0 Å². The molecule has 0 aliphatic rings. The lowest BCUT2D eigenvalue weighted by Gasteiger charge is -2.16. The largest absolute Gasteiger partial charge is 0.468 e. The first-order valence-electron chi connectivity index (χ1n) is 9.14. The third kappa shape index (κ3) is 6.89. The average molecular weight is 342 g/mol. The topological polar surface area (TPSA) is 38.7 Å². The van der Waals surface area contributed by atoms with Crippen LogP contribution in [0, 0.1) is 12.8 Å². The van der Waals surface area contributed by atoms with Gasteiger partial charge in [-0.05, 0) is 55.9 Å². The molecule has 3 heteroatoms. The number of rotatable bonds is 10. The molecule has 1 N–H and O–H groups in total. The zero-order valence-corrected chi connectivity index (χ0v) is 15.6. The molecular formula is C22H30O3. The van der Waals surface area contributed by atoms with Crippen LogP contribution in [0.3, 0.4) is 0 Å². The van der Waals surface area contributed by atoms with Gasteiger partial charge in [-0.25, -0.2) is 0 Å². The molecule has 2 unspecified atom stereocenters. The maximum atomic E-state index is 9.37. The molecule has 3 nitrogen and oxygen atoms in total. The molecule has 136 valence electrons. The highest BCUT2D eigenvalue weighted by molar-refractivity contribution is 5.64. The van der Waals surface area contributed by atoms with Gasteiger partial charge < -0.3 is 14.6 Å². The molecule has 0 saturated carbocycles. The fourth-order valence-corrected chi connectivity index (χ4v) is 2.70. The van der Waals surface area contributed by atoms with Crippen molar-refractivity contribution in [1.82, 2.24) is 0 Å². The first-order chi connectivity index (χ1) is 12.1. The Morgan fingerprint density at radius 1 is 0.920 bits per heavy atom. The number of aliphatic hydroxyl groups is 1. The van der Waals surface area contributed by atoms with Crippen molar-refractivity contribution < 1.29 is 14.6 Å². The zero-order chi connectivity index (χ0) is 18.1. The van der Waals surface area contributed by atoms with Crippen molar-refractivity contribution in [2.45, 2.75) is 46.1 Å². The average Bonchev–Trinajstić information content (AvgIpc) is 2.62. The molecule has 0 spiro atoms. The second-order valence-corrected chi connectivity index (χ2v) is 6.72. The Hall–Kier alpha value is -1.84. The van der Waals surface area contributed by atoms with Gasteiger partial charge in [-0.3, -0.25) is 0 Å². The Morgan fingerprint density at radius 2 is 1.52 bits per heavy atom. The fourth-order valence-electron chi connectivity index (χ4n) is 2.70. The van der Waals surface area contributed by atoms with Gasteiger partial charge in [-0.1, -0.05) is 55.3 Å². The van der Waals surface area contributed by atoms with Crippen LogP contribution in [-0.2, 0) is 4.74 Å². The molecule has 0 radical (unpaired) electrons. The lowest BCUT2D eigenvalue weighted by molar-refractivity contribution is -0.00594. The monoisotopic (exact) mass is 342 g/mol. The van der Waals surface area contributed by atoms with Crippen LogP contribution >= 0.6 is 0 Å². The Kier molecular flexibility index (Phi) is 7.96. The summed E-state index contributed by atoms with van der Waals surface area (Å²) >= 11 is 0. The zero-order valence-electron chi connectivity index (χ0n) is 15.6. The van der Waals surface area contributed by atoms with Crippen LogP contribution in [0.25, 0.3) is 11.1 Å². The van der Waals surface area contributed by atoms with Gasteiger partial charge in [-0.15, -0.1) is 0 Å². The van der Waals surface area contributed by atoms with E-state index in [1.54, 1.807) is 0 Å². The third-order valence-electron chi connectivity index (χ3n) is 4.47. The molecular weight excluding hydrogens is 312 g/mol. The summed E-state index contributed by atoms with van der Waals surface area (Å²) in [5.41, 5.74) is 3.65. The Morgan fingerprint density at radius 3 is 2.08 bits per heavy atom. The van der Waals surface area contributed by atoms with E-state index in [1.165, 1.54) is 16.7 Å². The van der Waals surface area contributed by atoms with Gasteiger partial charge in [-0.2, -0.15) is 0 Å². The van der Waals surface area contributed by atoms with Crippen molar-refractivity contribution in [3.63, 3.8) is 0 Å². The van der Waals surface area contributed by atoms with Gasteiger partial charge in [0, 0.05) is 0 Å². The first kappa shape index (κ1) is 19.5. The van der Waals surface area contributed by atoms with Crippen molar-refractivity contribution >= 4 is 0 Å². The van der Waals surface area contributed by atoms with Gasteiger partial charge in [0.05, 0.1) is 12.7 Å². The SMILES string of the molecule is CCC(CCC(C)O)COCOc1ccc(-c2ccc(C)cc2)cc1. The third-order valence-corrected chi connectivity index (χ3v) is 4.47. The Labute approximate surface area is 151 Å². The van der Waals surface area contributed by atoms with Crippen molar-refractivity contribution in [2.75, 3.05) is 13.4 Å². The number of hydrogen-bond donors (Lipinski definition) is 1. The normalized spacial score (nSPS) is 13.4. The number of aryl methyl sites for hydroxylation is 1. The second kappa shape index (κ2) is 10.2. The van der Waals surface area contributed by atoms with E-state index in [2.05, 4.69) is 50.2 Å². The Bertz CT molecular complexity index is 602. The maximum Gasteiger partial charge on any atom is 0.189 e. The number of hydrogen-bond acceptors (Lipinski definition) is 3. The Balaban J connectivity index is 1.75. The highest BCUT2D eigenvalue weighted by atomic mass is 16.7. The van der Waals surface area contributed by atoms with E-state index < -0.39 is 0 Å². The van der Waals surface area contributed by atoms with Crippen LogP contribution in [0.4, 0.5) is 0 Å². The minimum absolute atomic E-state index is 0.239. The van der Waals surface area contributed by atoms with E-state index >= 15 is 0 Å². The number of ether oxygens (including phenoxy) is 2. The van der Waals surface area contributed by atoms with Gasteiger partial charge in [0.15, 0.2) is 6.79 Å². The molecule has 0 aliphatic carbocycles. The molecule has 0 saturated heterocycles. The molecule has 0 heterocycles. The molecule has 2 atom stereocenters. The van der Waals surface area contributed by atoms with Crippen LogP contribution < -0.4 is 4.74 Å². The molecule has 0 amide bonds. The summed E-state index contributed by atoms with van der Waals surface area (Å²) in [4.78, 5) is 0. The van der Waals surface area contributed by atoms with Gasteiger partial charge >= 0.3 is 0 Å². The molecule has 0 fully saturated rings. The predicted octanol–water partition coefficient (Wildman–Crippen LogP) is 5.20. The van der Waals surface area contributed by atoms with E-state index in [0.717, 1.165) is 25.0 Å². The molecule has 0 bridgehead atoms. The van der Waals surface area contributed by atoms with Crippen LogP contribution in [0.1, 0.15) is 38.7 Å². The summed E-state index contributed by atoms with van der Waals surface area (Å²) < 4.78 is 11.3. The molecule has 2 rings (SSSR count). The highest BCUT2D eigenvalue weighted by Crippen LogP contribution is 2.23. The fraction of sp³-hybridized carbons (Fsp3) is 0.455. The van der Waals surface area contributed by atoms with E-state index in [4.69, 9.17) is 9.47 Å². The summed E-state index contributed by atoms with van der Waals surface area (Å²) in [6, 6.07) is 16.6. The van der Waals surface area contributed by atoms with Crippen molar-refractivity contribution in [3.05, 3.63) is 54.1 Å². The smallest absolute Gasteiger partial charge is 0.189 e. The summed E-state index contributed by atoms with van der Waals surface area (Å²) in [6.45, 7) is 7.01. The molecule has 25 heavy (non-hydrogen) atoms. The van der Waals surface area contributed by atoms with Crippen LogP contribution in [0.15, 0.2) is 48.5 Å². The van der Waals surface area contributed by atoms with Crippen molar-refractivity contribution in [2.24, 2.45) is 5.92 Å². The second-order valence-electron chi connectivity index (χ2n) is 6.72.